The van der Waals surface area contributed by atoms with Gasteiger partial charge in [-0.15, -0.1) is 0 Å². The number of halogens is 2. The van der Waals surface area contributed by atoms with Crippen LogP contribution in [-0.2, 0) is 0 Å². The zero-order chi connectivity index (χ0) is 29.2. The van der Waals surface area contributed by atoms with Gasteiger partial charge in [-0.1, -0.05) is 24.3 Å². The van der Waals surface area contributed by atoms with E-state index in [1.165, 1.54) is 20.9 Å². The van der Waals surface area contributed by atoms with Crippen molar-refractivity contribution in [3.8, 4) is 0 Å². The molecule has 0 amide bonds. The maximum absolute atomic E-state index is 14.1. The van der Waals surface area contributed by atoms with Gasteiger partial charge in [-0.05, 0) is 56.6 Å². The SMILES string of the molecule is O=c1c2ccc3c4ccc5c6c(ccc(c7ccc(c2c37)c2nc3ncc(F)cc3n12)c46)c(=O)n1c2cc(F)cnc2nc51. The molecule has 6 heterocycles. The van der Waals surface area contributed by atoms with Gasteiger partial charge in [0.15, 0.2) is 22.6 Å². The van der Waals surface area contributed by atoms with Gasteiger partial charge in [-0.25, -0.2) is 28.7 Å². The van der Waals surface area contributed by atoms with Gasteiger partial charge in [-0.3, -0.25) is 18.4 Å². The van der Waals surface area contributed by atoms with Gasteiger partial charge in [-0.2, -0.15) is 0 Å². The summed E-state index contributed by atoms with van der Waals surface area (Å²) in [5, 5.41) is 9.59. The van der Waals surface area contributed by atoms with E-state index in [2.05, 4.69) is 19.9 Å². The summed E-state index contributed by atoms with van der Waals surface area (Å²) < 4.78 is 31.2. The van der Waals surface area contributed by atoms with E-state index in [0.29, 0.717) is 44.4 Å². The van der Waals surface area contributed by atoms with Gasteiger partial charge in [0.2, 0.25) is 0 Å². The molecule has 8 nitrogen and oxygen atoms in total. The number of rotatable bonds is 0. The topological polar surface area (TPSA) is 94.5 Å². The number of hydrogen-bond acceptors (Lipinski definition) is 6. The molecule has 0 saturated carbocycles. The molecule has 10 heteroatoms. The summed E-state index contributed by atoms with van der Waals surface area (Å²) >= 11 is 0. The van der Waals surface area contributed by atoms with E-state index in [1.807, 2.05) is 36.4 Å². The van der Waals surface area contributed by atoms with Crippen molar-refractivity contribution in [2.24, 2.45) is 0 Å². The Balaban J connectivity index is 1.38. The summed E-state index contributed by atoms with van der Waals surface area (Å²) in [7, 11) is 0. The van der Waals surface area contributed by atoms with E-state index in [4.69, 9.17) is 0 Å². The Hall–Kier alpha value is -6.16. The lowest BCUT2D eigenvalue weighted by molar-refractivity contribution is 0.623. The van der Waals surface area contributed by atoms with Gasteiger partial charge in [0, 0.05) is 44.5 Å². The van der Waals surface area contributed by atoms with E-state index >= 15 is 0 Å². The third kappa shape index (κ3) is 2.36. The molecule has 0 aliphatic rings. The minimum atomic E-state index is -0.543. The lowest BCUT2D eigenvalue weighted by atomic mass is 9.86. The predicted octanol–water partition coefficient (Wildman–Crippen LogP) is 6.31. The van der Waals surface area contributed by atoms with Crippen molar-refractivity contribution < 1.29 is 8.78 Å². The van der Waals surface area contributed by atoms with E-state index in [-0.39, 0.29) is 11.1 Å². The highest BCUT2D eigenvalue weighted by molar-refractivity contribution is 6.40. The van der Waals surface area contributed by atoms with Crippen molar-refractivity contribution in [2.75, 3.05) is 0 Å². The molecule has 44 heavy (non-hydrogen) atoms. The number of imidazole rings is 2. The molecule has 0 spiro atoms. The molecule has 5 aromatic carbocycles. The third-order valence-electron chi connectivity index (χ3n) is 9.21. The van der Waals surface area contributed by atoms with Crippen LogP contribution in [0.1, 0.15) is 0 Å². The largest absolute Gasteiger partial charge is 0.268 e. The molecule has 11 rings (SSSR count). The van der Waals surface area contributed by atoms with Crippen LogP contribution in [0, 0.1) is 11.6 Å². The zero-order valence-corrected chi connectivity index (χ0v) is 22.2. The summed E-state index contributed by atoms with van der Waals surface area (Å²) in [5.41, 5.74) is 1.49. The standard InChI is InChI=1S/C34H12F2N6O2/c35-13-9-23-29(37-11-13)39-31-19-5-1-15-17-3-7-22-28-20(32-40-30-24(42(32)34(22)44)10-14(36)12-38-30)6-2-16(26(17)28)18-4-8-21(27(19)25(15)18)33(43)41(23)31/h1-12H. The van der Waals surface area contributed by atoms with Gasteiger partial charge in [0.25, 0.3) is 11.1 Å². The van der Waals surface area contributed by atoms with Crippen molar-refractivity contribution in [1.29, 1.82) is 0 Å². The highest BCUT2D eigenvalue weighted by atomic mass is 19.1. The molecule has 0 fully saturated rings. The Bertz CT molecular complexity index is 3000. The summed E-state index contributed by atoms with van der Waals surface area (Å²) in [6, 6.07) is 18.0. The lowest BCUT2D eigenvalue weighted by Crippen LogP contribution is -2.14. The van der Waals surface area contributed by atoms with E-state index in [1.54, 1.807) is 12.1 Å². The second-order valence-electron chi connectivity index (χ2n) is 11.3. The van der Waals surface area contributed by atoms with Gasteiger partial charge >= 0.3 is 0 Å². The average Bonchev–Trinajstić information content (AvgIpc) is 3.60. The van der Waals surface area contributed by atoms with Crippen molar-refractivity contribution >= 4 is 98.3 Å². The first kappa shape index (κ1) is 22.4. The summed E-state index contributed by atoms with van der Waals surface area (Å²) in [6.45, 7) is 0. The first-order chi connectivity index (χ1) is 21.5. The van der Waals surface area contributed by atoms with Crippen LogP contribution in [0.5, 0.6) is 0 Å². The van der Waals surface area contributed by atoms with Crippen LogP contribution in [0.3, 0.4) is 0 Å². The minimum Gasteiger partial charge on any atom is -0.268 e. The molecular formula is C34H12F2N6O2. The van der Waals surface area contributed by atoms with Crippen molar-refractivity contribution in [2.45, 2.75) is 0 Å². The number of nitrogens with zero attached hydrogens (tertiary/aromatic N) is 6. The van der Waals surface area contributed by atoms with Crippen LogP contribution in [0.25, 0.3) is 98.3 Å². The maximum atomic E-state index is 14.1. The van der Waals surface area contributed by atoms with Crippen molar-refractivity contribution in [1.82, 2.24) is 28.7 Å². The molecular weight excluding hydrogens is 562 g/mol. The van der Waals surface area contributed by atoms with Crippen LogP contribution in [0.4, 0.5) is 8.78 Å². The predicted molar refractivity (Wildman–Crippen MR) is 166 cm³/mol. The Labute approximate surface area is 241 Å². The normalized spacial score (nSPS) is 13.0. The number of benzene rings is 5. The van der Waals surface area contributed by atoms with Crippen LogP contribution in [0.15, 0.2) is 82.6 Å². The van der Waals surface area contributed by atoms with Crippen molar-refractivity contribution in [3.05, 3.63) is 105 Å². The first-order valence-corrected chi connectivity index (χ1v) is 13.9. The fourth-order valence-corrected chi connectivity index (χ4v) is 7.50. The lowest BCUT2D eigenvalue weighted by Gasteiger charge is -2.18. The zero-order valence-electron chi connectivity index (χ0n) is 22.2. The molecule has 11 aromatic rings. The molecule has 0 aliphatic heterocycles. The highest BCUT2D eigenvalue weighted by Crippen LogP contribution is 2.45. The van der Waals surface area contributed by atoms with Crippen LogP contribution >= 0.6 is 0 Å². The molecule has 0 N–H and O–H groups in total. The Morgan fingerprint density at radius 3 is 1.23 bits per heavy atom. The minimum absolute atomic E-state index is 0.295. The van der Waals surface area contributed by atoms with E-state index in [0.717, 1.165) is 66.3 Å². The monoisotopic (exact) mass is 574 g/mol. The average molecular weight is 575 g/mol. The quantitative estimate of drug-likeness (QED) is 0.156. The maximum Gasteiger partial charge on any atom is 0.264 e. The molecule has 204 valence electrons. The Morgan fingerprint density at radius 2 is 0.818 bits per heavy atom. The summed E-state index contributed by atoms with van der Waals surface area (Å²) in [4.78, 5) is 45.4. The Kier molecular flexibility index (Phi) is 3.60. The molecule has 0 bridgehead atoms. The highest BCUT2D eigenvalue weighted by Gasteiger charge is 2.24. The summed E-state index contributed by atoms with van der Waals surface area (Å²) in [6.07, 6.45) is 2.19. The summed E-state index contributed by atoms with van der Waals surface area (Å²) in [5.74, 6) is -1.09. The second-order valence-corrected chi connectivity index (χ2v) is 11.3. The van der Waals surface area contributed by atoms with Gasteiger partial charge < -0.3 is 0 Å². The van der Waals surface area contributed by atoms with E-state index < -0.39 is 11.6 Å². The molecule has 0 unspecified atom stereocenters. The fourth-order valence-electron chi connectivity index (χ4n) is 7.50. The van der Waals surface area contributed by atoms with Crippen molar-refractivity contribution in [3.63, 3.8) is 0 Å². The van der Waals surface area contributed by atoms with Crippen LogP contribution in [0.2, 0.25) is 0 Å². The van der Waals surface area contributed by atoms with Gasteiger partial charge in [0.1, 0.15) is 11.6 Å². The van der Waals surface area contributed by atoms with Gasteiger partial charge in [0.05, 0.1) is 23.4 Å². The number of fused-ring (bicyclic) bond motifs is 10. The smallest absolute Gasteiger partial charge is 0.264 e. The molecule has 6 aromatic heterocycles. The molecule has 0 saturated heterocycles. The molecule has 0 atom stereocenters. The number of aromatic nitrogens is 6. The second kappa shape index (κ2) is 7.07. The van der Waals surface area contributed by atoms with Crippen LogP contribution in [-0.4, -0.2) is 28.7 Å². The fraction of sp³-hybridized carbons (Fsp3) is 0. The molecule has 0 radical (unpaired) electrons. The van der Waals surface area contributed by atoms with Crippen LogP contribution < -0.4 is 11.1 Å². The van der Waals surface area contributed by atoms with E-state index in [9.17, 15) is 18.4 Å². The number of pyridine rings is 4. The molecule has 0 aliphatic carbocycles. The first-order valence-electron chi connectivity index (χ1n) is 13.9. The Morgan fingerprint density at radius 1 is 0.477 bits per heavy atom. The third-order valence-corrected chi connectivity index (χ3v) is 9.21. The number of hydrogen-bond donors (Lipinski definition) is 0.